The molecule has 0 heterocycles. The van der Waals surface area contributed by atoms with Gasteiger partial charge in [0.1, 0.15) is 0 Å². The molecule has 0 aliphatic carbocycles. The molecule has 152 valence electrons. The van der Waals surface area contributed by atoms with Gasteiger partial charge in [0.15, 0.2) is 0 Å². The van der Waals surface area contributed by atoms with Crippen LogP contribution in [0.4, 0.5) is 0 Å². The van der Waals surface area contributed by atoms with Crippen molar-refractivity contribution in [1.82, 2.24) is 0 Å². The summed E-state index contributed by atoms with van der Waals surface area (Å²) in [5.41, 5.74) is 0. The van der Waals surface area contributed by atoms with Crippen molar-refractivity contribution in [3.05, 3.63) is 0 Å². The predicted octanol–water partition coefficient (Wildman–Crippen LogP) is 0.668. The van der Waals surface area contributed by atoms with Crippen molar-refractivity contribution in [3.8, 4) is 0 Å². The third-order valence-corrected chi connectivity index (χ3v) is 12.9. The molecule has 0 rings (SSSR count). The van der Waals surface area contributed by atoms with E-state index in [0.29, 0.717) is 0 Å². The molecule has 10 heteroatoms. The van der Waals surface area contributed by atoms with E-state index in [2.05, 4.69) is 0 Å². The molecule has 0 aliphatic heterocycles. The summed E-state index contributed by atoms with van der Waals surface area (Å²) in [5, 5.41) is 29.1. The minimum atomic E-state index is -5.41. The molecule has 3 N–H and O–H groups in total. The standard InChI is InChI=1S/3C4H8O3.C4H9.Sn/c3*1-2-3(5)4(6)7;1-4(2)3;/h3*3,5H,2H2,1H3,(H,6,7);1-3H3;/q;;;;+3/p-3. The Balaban J connectivity index is 5.98. The summed E-state index contributed by atoms with van der Waals surface area (Å²) in [6, 6.07) is 0. The summed E-state index contributed by atoms with van der Waals surface area (Å²) in [6.45, 7) is 9.27. The van der Waals surface area contributed by atoms with Gasteiger partial charge in [-0.15, -0.1) is 0 Å². The molecule has 9 nitrogen and oxygen atoms in total. The van der Waals surface area contributed by atoms with Crippen LogP contribution in [0.5, 0.6) is 0 Å². The average Bonchev–Trinajstić information content (AvgIpc) is 2.57. The second-order valence-corrected chi connectivity index (χ2v) is 16.0. The molecule has 26 heavy (non-hydrogen) atoms. The Morgan fingerprint density at radius 3 is 1.12 bits per heavy atom. The van der Waals surface area contributed by atoms with Crippen LogP contribution < -0.4 is 0 Å². The first-order valence-electron chi connectivity index (χ1n) is 8.57. The quantitative estimate of drug-likeness (QED) is 0.402. The Labute approximate surface area is 159 Å². The SMILES string of the molecule is CCC(O)C(=O)[O][Sn]([O]C(=O)C(O)CC)([O]C(=O)C(O)CC)[C](C)(C)C. The second kappa shape index (κ2) is 10.4. The Hall–Kier alpha value is -0.911. The zero-order chi connectivity index (χ0) is 20.7. The molecule has 0 saturated carbocycles. The summed E-state index contributed by atoms with van der Waals surface area (Å²) < 4.78 is 14.8. The van der Waals surface area contributed by atoms with E-state index in [1.165, 1.54) is 0 Å². The fourth-order valence-electron chi connectivity index (χ4n) is 1.62. The normalized spacial score (nSPS) is 17.4. The van der Waals surface area contributed by atoms with E-state index >= 15 is 0 Å². The summed E-state index contributed by atoms with van der Waals surface area (Å²) in [6.07, 6.45) is -4.33. The molecule has 0 spiro atoms. The Bertz CT molecular complexity index is 441. The van der Waals surface area contributed by atoms with Gasteiger partial charge in [-0.3, -0.25) is 0 Å². The summed E-state index contributed by atoms with van der Waals surface area (Å²) in [4.78, 5) is 36.5. The Morgan fingerprint density at radius 1 is 0.731 bits per heavy atom. The molecular formula is C16H30O9Sn. The van der Waals surface area contributed by atoms with Crippen molar-refractivity contribution >= 4 is 37.5 Å². The molecule has 3 unspecified atom stereocenters. The van der Waals surface area contributed by atoms with Crippen molar-refractivity contribution in [1.29, 1.82) is 0 Å². The van der Waals surface area contributed by atoms with E-state index < -0.39 is 59.3 Å². The zero-order valence-corrected chi connectivity index (χ0v) is 19.0. The number of carbonyl (C=O) groups excluding carboxylic acids is 3. The minimum absolute atomic E-state index is 0.0436. The van der Waals surface area contributed by atoms with Crippen LogP contribution in [0, 0.1) is 0 Å². The van der Waals surface area contributed by atoms with E-state index in [1.54, 1.807) is 41.5 Å². The van der Waals surface area contributed by atoms with Crippen molar-refractivity contribution in [2.24, 2.45) is 0 Å². The number of hydrogen-bond donors (Lipinski definition) is 3. The van der Waals surface area contributed by atoms with E-state index in [9.17, 15) is 29.7 Å². The molecule has 0 fully saturated rings. The van der Waals surface area contributed by atoms with Gasteiger partial charge >= 0.3 is 159 Å². The summed E-state index contributed by atoms with van der Waals surface area (Å²) in [7, 11) is 0. The third kappa shape index (κ3) is 6.67. The topological polar surface area (TPSA) is 140 Å². The van der Waals surface area contributed by atoms with Gasteiger partial charge in [0.2, 0.25) is 0 Å². The van der Waals surface area contributed by atoms with Crippen molar-refractivity contribution in [3.63, 3.8) is 0 Å². The first-order valence-corrected chi connectivity index (χ1v) is 13.5. The Morgan fingerprint density at radius 2 is 0.962 bits per heavy atom. The third-order valence-electron chi connectivity index (χ3n) is 3.60. The first-order chi connectivity index (χ1) is 11.8. The molecule has 0 bridgehead atoms. The van der Waals surface area contributed by atoms with Gasteiger partial charge in [-0.2, -0.15) is 0 Å². The monoisotopic (exact) mass is 486 g/mol. The van der Waals surface area contributed by atoms with E-state index in [0.717, 1.165) is 0 Å². The van der Waals surface area contributed by atoms with E-state index in [-0.39, 0.29) is 19.3 Å². The Kier molecular flexibility index (Phi) is 10.1. The van der Waals surface area contributed by atoms with Crippen LogP contribution in [0.2, 0.25) is 3.43 Å². The van der Waals surface area contributed by atoms with Gasteiger partial charge in [0, 0.05) is 0 Å². The number of hydrogen-bond acceptors (Lipinski definition) is 9. The van der Waals surface area contributed by atoms with Crippen LogP contribution in [-0.2, 0) is 23.6 Å². The van der Waals surface area contributed by atoms with Crippen molar-refractivity contribution < 1.29 is 38.9 Å². The molecular weight excluding hydrogens is 455 g/mol. The number of carbonyl (C=O) groups is 3. The summed E-state index contributed by atoms with van der Waals surface area (Å²) in [5.74, 6) is -3.26. The fourth-order valence-corrected chi connectivity index (χ4v) is 8.03. The van der Waals surface area contributed by atoms with Gasteiger partial charge in [0.05, 0.1) is 0 Å². The fraction of sp³-hybridized carbons (Fsp3) is 0.812. The molecule has 0 radical (unpaired) electrons. The van der Waals surface area contributed by atoms with Gasteiger partial charge in [-0.1, -0.05) is 0 Å². The molecule has 0 amide bonds. The van der Waals surface area contributed by atoms with Crippen LogP contribution in [0.25, 0.3) is 0 Å². The van der Waals surface area contributed by atoms with Crippen molar-refractivity contribution in [2.45, 2.75) is 82.5 Å². The first kappa shape index (κ1) is 25.1. The van der Waals surface area contributed by atoms with Crippen LogP contribution >= 0.6 is 0 Å². The average molecular weight is 485 g/mol. The van der Waals surface area contributed by atoms with E-state index in [4.69, 9.17) is 9.22 Å². The van der Waals surface area contributed by atoms with Gasteiger partial charge in [0.25, 0.3) is 0 Å². The second-order valence-electron chi connectivity index (χ2n) is 6.84. The number of aliphatic hydroxyl groups excluding tert-OH is 3. The van der Waals surface area contributed by atoms with Crippen LogP contribution in [-0.4, -0.2) is 71.2 Å². The van der Waals surface area contributed by atoms with Crippen molar-refractivity contribution in [2.75, 3.05) is 0 Å². The maximum atomic E-state index is 12.2. The maximum absolute atomic E-state index is 12.2. The van der Waals surface area contributed by atoms with Gasteiger partial charge < -0.3 is 0 Å². The molecule has 0 saturated heterocycles. The van der Waals surface area contributed by atoms with E-state index in [1.807, 2.05) is 0 Å². The van der Waals surface area contributed by atoms with Crippen LogP contribution in [0.1, 0.15) is 60.8 Å². The predicted molar refractivity (Wildman–Crippen MR) is 92.6 cm³/mol. The number of rotatable bonds is 9. The molecule has 0 aromatic heterocycles. The van der Waals surface area contributed by atoms with Crippen LogP contribution in [0.3, 0.4) is 0 Å². The molecule has 0 aliphatic rings. The molecule has 3 atom stereocenters. The van der Waals surface area contributed by atoms with Gasteiger partial charge in [-0.25, -0.2) is 0 Å². The number of aliphatic hydroxyl groups is 3. The van der Waals surface area contributed by atoms with Crippen LogP contribution in [0.15, 0.2) is 0 Å². The summed E-state index contributed by atoms with van der Waals surface area (Å²) >= 11 is -5.41. The molecule has 0 aromatic rings. The van der Waals surface area contributed by atoms with Gasteiger partial charge in [-0.05, 0) is 0 Å². The molecule has 0 aromatic carbocycles. The zero-order valence-electron chi connectivity index (χ0n) is 16.1.